The zero-order valence-corrected chi connectivity index (χ0v) is 17.1. The fraction of sp³-hybridized carbons (Fsp3) is 0.478. The number of nitrogens with zero attached hydrogens (tertiary/aromatic N) is 2. The summed E-state index contributed by atoms with van der Waals surface area (Å²) in [7, 11) is 0. The summed E-state index contributed by atoms with van der Waals surface area (Å²) in [6.45, 7) is 8.28. The maximum Gasteiger partial charge on any atom is 0.140 e. The van der Waals surface area contributed by atoms with E-state index in [1.807, 2.05) is 19.9 Å². The van der Waals surface area contributed by atoms with Crippen molar-refractivity contribution in [3.63, 3.8) is 0 Å². The van der Waals surface area contributed by atoms with Gasteiger partial charge in [-0.15, -0.1) is 0 Å². The van der Waals surface area contributed by atoms with Gasteiger partial charge in [0.05, 0.1) is 5.69 Å². The largest absolute Gasteiger partial charge is 0.506 e. The number of rotatable bonds is 6. The second-order valence-electron chi connectivity index (χ2n) is 8.11. The van der Waals surface area contributed by atoms with Crippen molar-refractivity contribution in [2.75, 3.05) is 23.7 Å². The molecule has 1 aliphatic rings. The summed E-state index contributed by atoms with van der Waals surface area (Å²) >= 11 is 0. The van der Waals surface area contributed by atoms with E-state index in [1.165, 1.54) is 12.8 Å². The number of benzene rings is 1. The van der Waals surface area contributed by atoms with Crippen molar-refractivity contribution in [1.29, 1.82) is 0 Å². The highest BCUT2D eigenvalue weighted by Crippen LogP contribution is 2.29. The van der Waals surface area contributed by atoms with Crippen molar-refractivity contribution in [2.24, 2.45) is 5.92 Å². The van der Waals surface area contributed by atoms with Crippen LogP contribution in [-0.2, 0) is 11.2 Å². The number of phenolic OH excluding ortho intramolecular Hbond substituents is 1. The van der Waals surface area contributed by atoms with Crippen LogP contribution >= 0.6 is 0 Å². The lowest BCUT2D eigenvalue weighted by atomic mass is 9.92. The number of Topliss-reactive ketones (excluding diaryl/α,β-unsaturated/α-hetero) is 1. The van der Waals surface area contributed by atoms with E-state index in [0.717, 1.165) is 41.6 Å². The van der Waals surface area contributed by atoms with Crippen LogP contribution in [0.5, 0.6) is 5.75 Å². The van der Waals surface area contributed by atoms with Gasteiger partial charge in [-0.1, -0.05) is 26.0 Å². The summed E-state index contributed by atoms with van der Waals surface area (Å²) in [5.74, 6) is 1.78. The first-order valence-electron chi connectivity index (χ1n) is 10.2. The van der Waals surface area contributed by atoms with E-state index in [-0.39, 0.29) is 17.5 Å². The monoisotopic (exact) mass is 381 g/mol. The van der Waals surface area contributed by atoms with E-state index in [9.17, 15) is 9.90 Å². The Hall–Kier alpha value is -2.56. The van der Waals surface area contributed by atoms with Crippen molar-refractivity contribution in [3.8, 4) is 5.75 Å². The Bertz CT molecular complexity index is 842. The molecule has 1 aliphatic heterocycles. The molecule has 1 atom stereocenters. The Labute approximate surface area is 167 Å². The Morgan fingerprint density at radius 3 is 2.68 bits per heavy atom. The molecule has 1 saturated heterocycles. The second kappa shape index (κ2) is 8.63. The summed E-state index contributed by atoms with van der Waals surface area (Å²) in [4.78, 5) is 19.9. The second-order valence-corrected chi connectivity index (χ2v) is 8.11. The summed E-state index contributed by atoms with van der Waals surface area (Å²) < 4.78 is 0. The highest BCUT2D eigenvalue weighted by atomic mass is 16.3. The van der Waals surface area contributed by atoms with Crippen molar-refractivity contribution in [1.82, 2.24) is 4.98 Å². The molecule has 28 heavy (non-hydrogen) atoms. The number of carbonyl (C=O) groups excluding carboxylic acids is 1. The maximum atomic E-state index is 12.8. The standard InChI is InChI=1S/C23H31N3O2/c1-15-10-12-26(13-11-15)23-18(5-4-16(2)25-23)6-8-21(27)17(3)19-7-9-22(28)20(24)14-19/h4-5,7,9,14-15,17,28H,6,8,10-13,24H2,1-3H3. The molecule has 1 aromatic heterocycles. The van der Waals surface area contributed by atoms with Crippen molar-refractivity contribution in [3.05, 3.63) is 47.2 Å². The summed E-state index contributed by atoms with van der Waals surface area (Å²) in [6, 6.07) is 9.15. The minimum absolute atomic E-state index is 0.0506. The van der Waals surface area contributed by atoms with Crippen LogP contribution in [0.4, 0.5) is 11.5 Å². The van der Waals surface area contributed by atoms with Crippen LogP contribution < -0.4 is 10.6 Å². The normalized spacial score (nSPS) is 16.2. The van der Waals surface area contributed by atoms with Crippen LogP contribution in [0.15, 0.2) is 30.3 Å². The number of nitrogen functional groups attached to an aromatic ring is 1. The van der Waals surface area contributed by atoms with Gasteiger partial charge in [0.1, 0.15) is 17.4 Å². The van der Waals surface area contributed by atoms with E-state index < -0.39 is 0 Å². The molecule has 2 aromatic rings. The Morgan fingerprint density at radius 1 is 1.29 bits per heavy atom. The van der Waals surface area contributed by atoms with Gasteiger partial charge >= 0.3 is 0 Å². The number of pyridine rings is 1. The number of ketones is 1. The number of hydrogen-bond donors (Lipinski definition) is 2. The number of aryl methyl sites for hydroxylation is 2. The molecule has 5 heteroatoms. The van der Waals surface area contributed by atoms with Crippen molar-refractivity contribution < 1.29 is 9.90 Å². The number of carbonyl (C=O) groups is 1. The molecule has 1 unspecified atom stereocenters. The summed E-state index contributed by atoms with van der Waals surface area (Å²) in [5, 5.41) is 9.59. The SMILES string of the molecule is Cc1ccc(CCC(=O)C(C)c2ccc(O)c(N)c2)c(N2CCC(C)CC2)n1. The summed E-state index contributed by atoms with van der Waals surface area (Å²) in [6.07, 6.45) is 3.52. The first-order valence-corrected chi connectivity index (χ1v) is 10.2. The summed E-state index contributed by atoms with van der Waals surface area (Å²) in [5.41, 5.74) is 9.08. The lowest BCUT2D eigenvalue weighted by Crippen LogP contribution is -2.34. The third-order valence-electron chi connectivity index (χ3n) is 5.85. The van der Waals surface area contributed by atoms with Gasteiger partial charge in [0.15, 0.2) is 0 Å². The number of nitrogens with two attached hydrogens (primary N) is 1. The molecule has 150 valence electrons. The Morgan fingerprint density at radius 2 is 2.00 bits per heavy atom. The zero-order valence-electron chi connectivity index (χ0n) is 17.1. The molecular formula is C23H31N3O2. The van der Waals surface area contributed by atoms with E-state index in [2.05, 4.69) is 17.9 Å². The highest BCUT2D eigenvalue weighted by molar-refractivity contribution is 5.86. The van der Waals surface area contributed by atoms with Crippen LogP contribution in [0.2, 0.25) is 0 Å². The molecule has 3 N–H and O–H groups in total. The van der Waals surface area contributed by atoms with Crippen molar-refractivity contribution >= 4 is 17.3 Å². The topological polar surface area (TPSA) is 79.4 Å². The fourth-order valence-electron chi connectivity index (χ4n) is 3.76. The zero-order chi connectivity index (χ0) is 20.3. The van der Waals surface area contributed by atoms with Gasteiger partial charge in [-0.3, -0.25) is 4.79 Å². The highest BCUT2D eigenvalue weighted by Gasteiger charge is 2.21. The minimum atomic E-state index is -0.249. The Balaban J connectivity index is 1.69. The smallest absolute Gasteiger partial charge is 0.140 e. The number of phenols is 1. The van der Waals surface area contributed by atoms with Gasteiger partial charge in [-0.2, -0.15) is 0 Å². The lowest BCUT2D eigenvalue weighted by Gasteiger charge is -2.32. The van der Waals surface area contributed by atoms with E-state index in [1.54, 1.807) is 18.2 Å². The van der Waals surface area contributed by atoms with Crippen LogP contribution in [0.3, 0.4) is 0 Å². The van der Waals surface area contributed by atoms with Crippen LogP contribution in [0.25, 0.3) is 0 Å². The average molecular weight is 382 g/mol. The number of aromatic nitrogens is 1. The predicted octanol–water partition coefficient (Wildman–Crippen LogP) is 4.22. The van der Waals surface area contributed by atoms with E-state index >= 15 is 0 Å². The number of aromatic hydroxyl groups is 1. The number of anilines is 2. The average Bonchev–Trinajstić information content (AvgIpc) is 2.69. The molecule has 0 spiro atoms. The lowest BCUT2D eigenvalue weighted by molar-refractivity contribution is -0.120. The molecule has 1 aromatic carbocycles. The molecule has 0 aliphatic carbocycles. The van der Waals surface area contributed by atoms with Gasteiger partial charge in [0.25, 0.3) is 0 Å². The van der Waals surface area contributed by atoms with E-state index in [4.69, 9.17) is 10.7 Å². The molecule has 1 fully saturated rings. The predicted molar refractivity (Wildman–Crippen MR) is 114 cm³/mol. The first-order chi connectivity index (χ1) is 13.3. The van der Waals surface area contributed by atoms with Crippen molar-refractivity contribution in [2.45, 2.75) is 52.4 Å². The molecule has 0 bridgehead atoms. The molecule has 5 nitrogen and oxygen atoms in total. The third kappa shape index (κ3) is 4.64. The van der Waals surface area contributed by atoms with Gasteiger partial charge in [0.2, 0.25) is 0 Å². The molecule has 2 heterocycles. The maximum absolute atomic E-state index is 12.8. The molecule has 0 saturated carbocycles. The van der Waals surface area contributed by atoms with Crippen LogP contribution in [-0.4, -0.2) is 29.0 Å². The number of piperidine rings is 1. The molecule has 3 rings (SSSR count). The fourth-order valence-corrected chi connectivity index (χ4v) is 3.76. The van der Waals surface area contributed by atoms with E-state index in [0.29, 0.717) is 18.5 Å². The van der Waals surface area contributed by atoms with Gasteiger partial charge in [0, 0.05) is 31.1 Å². The molecular weight excluding hydrogens is 350 g/mol. The quantitative estimate of drug-likeness (QED) is 0.578. The van der Waals surface area contributed by atoms with Gasteiger partial charge < -0.3 is 15.7 Å². The van der Waals surface area contributed by atoms with Gasteiger partial charge in [-0.05, 0) is 61.4 Å². The molecule has 0 radical (unpaired) electrons. The van der Waals surface area contributed by atoms with Gasteiger partial charge in [-0.25, -0.2) is 4.98 Å². The third-order valence-corrected chi connectivity index (χ3v) is 5.85. The molecule has 0 amide bonds. The first kappa shape index (κ1) is 20.2. The number of hydrogen-bond acceptors (Lipinski definition) is 5. The minimum Gasteiger partial charge on any atom is -0.506 e. The Kier molecular flexibility index (Phi) is 6.22. The van der Waals surface area contributed by atoms with Crippen LogP contribution in [0.1, 0.15) is 55.8 Å². The van der Waals surface area contributed by atoms with Crippen LogP contribution in [0, 0.1) is 12.8 Å².